The van der Waals surface area contributed by atoms with E-state index in [4.69, 9.17) is 4.42 Å². The number of nitrogens with zero attached hydrogens (tertiary/aromatic N) is 2. The van der Waals surface area contributed by atoms with Crippen LogP contribution in [-0.2, 0) is 18.8 Å². The van der Waals surface area contributed by atoms with Crippen LogP contribution in [0.25, 0.3) is 0 Å². The lowest BCUT2D eigenvalue weighted by atomic mass is 10.3. The van der Waals surface area contributed by atoms with Crippen molar-refractivity contribution in [3.05, 3.63) is 41.1 Å². The van der Waals surface area contributed by atoms with Crippen molar-refractivity contribution in [1.82, 2.24) is 15.1 Å². The molecule has 1 N–H and O–H groups in total. The third-order valence-corrected chi connectivity index (χ3v) is 3.90. The highest BCUT2D eigenvalue weighted by atomic mass is 32.2. The topological polar surface area (TPSA) is 43.0 Å². The normalized spacial score (nSPS) is 11.5. The van der Waals surface area contributed by atoms with E-state index in [9.17, 15) is 8.78 Å². The van der Waals surface area contributed by atoms with Crippen LogP contribution in [0.5, 0.6) is 0 Å². The molecule has 0 aromatic carbocycles. The van der Waals surface area contributed by atoms with Gasteiger partial charge >= 0.3 is 0 Å². The third-order valence-electron chi connectivity index (χ3n) is 3.19. The third kappa shape index (κ3) is 5.46. The number of halogens is 2. The molecule has 0 aliphatic carbocycles. The van der Waals surface area contributed by atoms with Crippen molar-refractivity contribution in [2.45, 2.75) is 44.9 Å². The molecule has 2 rings (SSSR count). The number of hydrogen-bond donors (Lipinski definition) is 1. The zero-order valence-corrected chi connectivity index (χ0v) is 13.6. The van der Waals surface area contributed by atoms with E-state index in [1.807, 2.05) is 17.7 Å². The van der Waals surface area contributed by atoms with Crippen molar-refractivity contribution >= 4 is 11.8 Å². The first-order valence-corrected chi connectivity index (χ1v) is 8.28. The lowest BCUT2D eigenvalue weighted by molar-refractivity contribution is 0.251. The fourth-order valence-corrected chi connectivity index (χ4v) is 2.65. The molecule has 0 aliphatic rings. The Morgan fingerprint density at radius 2 is 2.09 bits per heavy atom. The van der Waals surface area contributed by atoms with Crippen LogP contribution in [0.1, 0.15) is 29.3 Å². The summed E-state index contributed by atoms with van der Waals surface area (Å²) >= 11 is 0.573. The number of nitrogens with one attached hydrogen (secondary N) is 1. The zero-order valence-electron chi connectivity index (χ0n) is 12.8. The fourth-order valence-electron chi connectivity index (χ4n) is 2.21. The van der Waals surface area contributed by atoms with Gasteiger partial charge in [-0.1, -0.05) is 11.8 Å². The first-order valence-electron chi connectivity index (χ1n) is 7.23. The minimum absolute atomic E-state index is 0.204. The summed E-state index contributed by atoms with van der Waals surface area (Å²) in [6, 6.07) is 5.65. The van der Waals surface area contributed by atoms with Crippen LogP contribution in [-0.4, -0.2) is 22.1 Å². The smallest absolute Gasteiger partial charge is 0.284 e. The highest BCUT2D eigenvalue weighted by molar-refractivity contribution is 7.98. The van der Waals surface area contributed by atoms with Crippen molar-refractivity contribution in [3.63, 3.8) is 0 Å². The predicted molar refractivity (Wildman–Crippen MR) is 84.0 cm³/mol. The molecule has 22 heavy (non-hydrogen) atoms. The van der Waals surface area contributed by atoms with Crippen LogP contribution >= 0.6 is 11.8 Å². The van der Waals surface area contributed by atoms with Gasteiger partial charge in [0.05, 0.1) is 18.0 Å². The summed E-state index contributed by atoms with van der Waals surface area (Å²) in [6.45, 7) is 6.37. The summed E-state index contributed by atoms with van der Waals surface area (Å²) in [5, 5.41) is 7.70. The van der Waals surface area contributed by atoms with E-state index in [1.54, 1.807) is 6.07 Å². The van der Waals surface area contributed by atoms with Gasteiger partial charge in [-0.15, -0.1) is 0 Å². The van der Waals surface area contributed by atoms with Gasteiger partial charge in [0, 0.05) is 12.2 Å². The van der Waals surface area contributed by atoms with Gasteiger partial charge in [-0.05, 0) is 45.0 Å². The molecule has 0 amide bonds. The van der Waals surface area contributed by atoms with E-state index in [2.05, 4.69) is 23.4 Å². The first kappa shape index (κ1) is 17.0. The second-order valence-corrected chi connectivity index (χ2v) is 6.10. The minimum Gasteiger partial charge on any atom is -0.464 e. The summed E-state index contributed by atoms with van der Waals surface area (Å²) in [6.07, 6.45) is 0.969. The molecule has 7 heteroatoms. The number of aromatic nitrogens is 2. The minimum atomic E-state index is -2.36. The lowest BCUT2D eigenvalue weighted by Crippen LogP contribution is -2.16. The molecule has 0 radical (unpaired) electrons. The summed E-state index contributed by atoms with van der Waals surface area (Å²) in [5.74, 6) is -0.794. The Hall–Kier alpha value is -1.34. The Labute approximate surface area is 133 Å². The second kappa shape index (κ2) is 8.33. The largest absolute Gasteiger partial charge is 0.464 e. The summed E-state index contributed by atoms with van der Waals surface area (Å²) in [5.41, 5.74) is 2.21. The average molecular weight is 329 g/mol. The molecule has 0 unspecified atom stereocenters. The van der Waals surface area contributed by atoms with Crippen LogP contribution < -0.4 is 5.32 Å². The molecule has 4 nitrogen and oxygen atoms in total. The maximum atomic E-state index is 12.1. The van der Waals surface area contributed by atoms with E-state index in [0.29, 0.717) is 24.1 Å². The van der Waals surface area contributed by atoms with Crippen molar-refractivity contribution in [2.75, 3.05) is 6.54 Å². The number of rotatable bonds is 9. The quantitative estimate of drug-likeness (QED) is 0.712. The average Bonchev–Trinajstić information content (AvgIpc) is 3.03. The number of alkyl halides is 2. The SMILES string of the molecule is Cc1cc(C)n(CCCNCc2ccc(CSC(F)F)o2)n1. The van der Waals surface area contributed by atoms with Gasteiger partial charge in [-0.3, -0.25) is 4.68 Å². The zero-order chi connectivity index (χ0) is 15.9. The molecule has 0 spiro atoms. The molecule has 0 bridgehead atoms. The number of furan rings is 1. The van der Waals surface area contributed by atoms with Gasteiger partial charge in [-0.25, -0.2) is 0 Å². The lowest BCUT2D eigenvalue weighted by Gasteiger charge is -2.05. The molecule has 0 fully saturated rings. The van der Waals surface area contributed by atoms with Gasteiger partial charge in [-0.2, -0.15) is 13.9 Å². The Bertz CT molecular complexity index is 583. The number of aryl methyl sites for hydroxylation is 3. The van der Waals surface area contributed by atoms with Gasteiger partial charge in [0.2, 0.25) is 0 Å². The molecule has 0 aliphatic heterocycles. The molecule has 122 valence electrons. The summed E-state index contributed by atoms with van der Waals surface area (Å²) < 4.78 is 31.7. The Morgan fingerprint density at radius 1 is 1.32 bits per heavy atom. The van der Waals surface area contributed by atoms with E-state index in [0.717, 1.165) is 31.0 Å². The monoisotopic (exact) mass is 329 g/mol. The van der Waals surface area contributed by atoms with Crippen molar-refractivity contribution in [1.29, 1.82) is 0 Å². The van der Waals surface area contributed by atoms with Crippen molar-refractivity contribution in [2.24, 2.45) is 0 Å². The van der Waals surface area contributed by atoms with Gasteiger partial charge in [0.15, 0.2) is 0 Å². The highest BCUT2D eigenvalue weighted by Crippen LogP contribution is 2.21. The van der Waals surface area contributed by atoms with Crippen molar-refractivity contribution < 1.29 is 13.2 Å². The molecule has 0 saturated heterocycles. The molecule has 2 aromatic heterocycles. The summed E-state index contributed by atoms with van der Waals surface area (Å²) in [7, 11) is 0. The van der Waals surface area contributed by atoms with E-state index in [1.165, 1.54) is 5.69 Å². The molecule has 0 saturated carbocycles. The van der Waals surface area contributed by atoms with E-state index in [-0.39, 0.29) is 5.75 Å². The number of hydrogen-bond acceptors (Lipinski definition) is 4. The van der Waals surface area contributed by atoms with Crippen LogP contribution in [0.4, 0.5) is 8.78 Å². The molecule has 2 aromatic rings. The Balaban J connectivity index is 1.63. The Kier molecular flexibility index (Phi) is 6.45. The van der Waals surface area contributed by atoms with Gasteiger partial charge in [0.25, 0.3) is 5.76 Å². The predicted octanol–water partition coefficient (Wildman–Crippen LogP) is 3.73. The second-order valence-electron chi connectivity index (χ2n) is 5.12. The molecular weight excluding hydrogens is 308 g/mol. The van der Waals surface area contributed by atoms with Crippen LogP contribution in [0, 0.1) is 13.8 Å². The van der Waals surface area contributed by atoms with Crippen LogP contribution in [0.2, 0.25) is 0 Å². The summed E-state index contributed by atoms with van der Waals surface area (Å²) in [4.78, 5) is 0. The molecular formula is C15H21F2N3OS. The van der Waals surface area contributed by atoms with Crippen molar-refractivity contribution in [3.8, 4) is 0 Å². The van der Waals surface area contributed by atoms with Gasteiger partial charge < -0.3 is 9.73 Å². The molecule has 2 heterocycles. The molecule has 0 atom stereocenters. The van der Waals surface area contributed by atoms with E-state index < -0.39 is 5.76 Å². The maximum Gasteiger partial charge on any atom is 0.284 e. The highest BCUT2D eigenvalue weighted by Gasteiger charge is 2.07. The van der Waals surface area contributed by atoms with E-state index >= 15 is 0 Å². The van der Waals surface area contributed by atoms with Gasteiger partial charge in [0.1, 0.15) is 11.5 Å². The standard InChI is InChI=1S/C15H21F2N3OS/c1-11-8-12(2)20(19-11)7-3-6-18-9-13-4-5-14(21-13)10-22-15(16)17/h4-5,8,15,18H,3,6-7,9-10H2,1-2H3. The first-order chi connectivity index (χ1) is 10.5. The van der Waals surface area contributed by atoms with Crippen LogP contribution in [0.3, 0.4) is 0 Å². The fraction of sp³-hybridized carbons (Fsp3) is 0.533. The van der Waals surface area contributed by atoms with Crippen LogP contribution in [0.15, 0.2) is 22.6 Å². The maximum absolute atomic E-state index is 12.1. The Morgan fingerprint density at radius 3 is 2.77 bits per heavy atom. The number of thioether (sulfide) groups is 1.